The van der Waals surface area contributed by atoms with E-state index in [0.717, 1.165) is 24.8 Å². The highest BCUT2D eigenvalue weighted by Gasteiger charge is 2.16. The molecule has 9 N–H and O–H groups in total. The van der Waals surface area contributed by atoms with Gasteiger partial charge in [-0.1, -0.05) is 23.7 Å². The molecule has 0 aliphatic rings. The Bertz CT molecular complexity index is 1080. The van der Waals surface area contributed by atoms with E-state index >= 15 is 0 Å². The van der Waals surface area contributed by atoms with Crippen LogP contribution in [0.5, 0.6) is 5.75 Å². The first kappa shape index (κ1) is 26.1. The number of nitrogens with zero attached hydrogens (tertiary/aromatic N) is 2. The highest BCUT2D eigenvalue weighted by molar-refractivity contribution is 7.89. The number of ether oxygens (including phenoxy) is 1. The van der Waals surface area contributed by atoms with Crippen molar-refractivity contribution in [1.82, 2.24) is 20.6 Å². The molecule has 0 atom stereocenters. The minimum Gasteiger partial charge on any atom is -0.494 e. The van der Waals surface area contributed by atoms with Crippen LogP contribution >= 0.6 is 11.6 Å². The van der Waals surface area contributed by atoms with E-state index in [2.05, 4.69) is 20.6 Å². The summed E-state index contributed by atoms with van der Waals surface area (Å²) in [5.41, 5.74) is 12.0. The number of nitrogens with two attached hydrogens (primary N) is 3. The number of anilines is 2. The molecule has 0 bridgehead atoms. The van der Waals surface area contributed by atoms with Crippen LogP contribution in [0.3, 0.4) is 0 Å². The van der Waals surface area contributed by atoms with Crippen LogP contribution in [0, 0.1) is 5.41 Å². The van der Waals surface area contributed by atoms with Crippen molar-refractivity contribution in [2.45, 2.75) is 25.7 Å². The Morgan fingerprint density at radius 1 is 1.09 bits per heavy atom. The van der Waals surface area contributed by atoms with Crippen molar-refractivity contribution in [3.8, 4) is 5.75 Å². The first-order valence-corrected chi connectivity index (χ1v) is 12.1. The highest BCUT2D eigenvalue weighted by Crippen LogP contribution is 2.17. The molecule has 12 nitrogen and oxygen atoms in total. The van der Waals surface area contributed by atoms with Gasteiger partial charge in [-0.05, 0) is 43.4 Å². The number of sulfonamides is 1. The first-order chi connectivity index (χ1) is 15.5. The Labute approximate surface area is 196 Å². The molecule has 0 radical (unpaired) electrons. The molecule has 14 heteroatoms. The Kier molecular flexibility index (Phi) is 9.63. The summed E-state index contributed by atoms with van der Waals surface area (Å²) in [6.07, 6.45) is 2.77. The summed E-state index contributed by atoms with van der Waals surface area (Å²) in [4.78, 5) is 19.7. The molecule has 0 fully saturated rings. The molecule has 0 spiro atoms. The van der Waals surface area contributed by atoms with Crippen molar-refractivity contribution in [1.29, 1.82) is 5.41 Å². The zero-order valence-electron chi connectivity index (χ0n) is 17.8. The van der Waals surface area contributed by atoms with Gasteiger partial charge in [-0.25, -0.2) is 23.5 Å². The summed E-state index contributed by atoms with van der Waals surface area (Å²) in [6, 6.07) is 7.53. The maximum absolute atomic E-state index is 12.2. The van der Waals surface area contributed by atoms with Gasteiger partial charge in [-0.3, -0.25) is 15.5 Å². The summed E-state index contributed by atoms with van der Waals surface area (Å²) in [5.74, 6) is -0.627. The van der Waals surface area contributed by atoms with Crippen LogP contribution in [-0.2, 0) is 16.4 Å². The number of unbranched alkanes of at least 4 members (excludes halogenated alkanes) is 1. The van der Waals surface area contributed by atoms with E-state index < -0.39 is 15.9 Å². The number of hydrogen-bond donors (Lipinski definition) is 6. The standard InChI is InChI=1S/C19H27ClN8O4S/c20-15-17(22)27-16(21)14(26-15)18(29)28-19(23)25-9-2-1-4-12-5-7-13(8-6-12)32-10-3-11-33(24,30)31/h5-8H,1-4,9-11H2,(H4,21,22,27)(H2,24,30,31)(H3,23,25,28,29). The Hall–Kier alpha value is -3.16. The number of guanidine groups is 1. The topological polar surface area (TPSA) is 212 Å². The highest BCUT2D eigenvalue weighted by atomic mass is 35.5. The molecular formula is C19H27ClN8O4S. The van der Waals surface area contributed by atoms with Crippen molar-refractivity contribution in [2.24, 2.45) is 5.14 Å². The third-order valence-corrected chi connectivity index (χ3v) is 5.45. The number of nitrogen functional groups attached to an aromatic ring is 2. The fourth-order valence-electron chi connectivity index (χ4n) is 2.70. The molecule has 1 amide bonds. The second-order valence-electron chi connectivity index (χ2n) is 7.06. The van der Waals surface area contributed by atoms with Gasteiger partial charge < -0.3 is 21.5 Å². The van der Waals surface area contributed by atoms with Crippen molar-refractivity contribution >= 4 is 45.1 Å². The number of rotatable bonds is 11. The maximum atomic E-state index is 12.2. The summed E-state index contributed by atoms with van der Waals surface area (Å²) >= 11 is 5.75. The van der Waals surface area contributed by atoms with Gasteiger partial charge in [0.15, 0.2) is 28.4 Å². The van der Waals surface area contributed by atoms with Crippen molar-refractivity contribution < 1.29 is 17.9 Å². The molecule has 0 saturated heterocycles. The van der Waals surface area contributed by atoms with E-state index in [1.54, 1.807) is 0 Å². The lowest BCUT2D eigenvalue weighted by atomic mass is 10.1. The molecule has 180 valence electrons. The number of benzene rings is 1. The van der Waals surface area contributed by atoms with Gasteiger partial charge in [0.25, 0.3) is 5.91 Å². The summed E-state index contributed by atoms with van der Waals surface area (Å²) in [7, 11) is -3.47. The van der Waals surface area contributed by atoms with E-state index in [4.69, 9.17) is 38.4 Å². The van der Waals surface area contributed by atoms with Crippen LogP contribution in [0.1, 0.15) is 35.3 Å². The zero-order chi connectivity index (χ0) is 24.4. The summed E-state index contributed by atoms with van der Waals surface area (Å²) < 4.78 is 27.3. The van der Waals surface area contributed by atoms with Crippen LogP contribution in [0.2, 0.25) is 5.15 Å². The molecule has 0 unspecified atom stereocenters. The second kappa shape index (κ2) is 12.2. The lowest BCUT2D eigenvalue weighted by Gasteiger charge is -2.10. The van der Waals surface area contributed by atoms with Crippen molar-refractivity contribution in [2.75, 3.05) is 30.4 Å². The van der Waals surface area contributed by atoms with Gasteiger partial charge in [-0.15, -0.1) is 0 Å². The van der Waals surface area contributed by atoms with E-state index in [1.807, 2.05) is 24.3 Å². The van der Waals surface area contributed by atoms with E-state index in [-0.39, 0.29) is 40.8 Å². The SMILES string of the molecule is N=C(NCCCCc1ccc(OCCCS(N)(=O)=O)cc1)NC(=O)c1nc(Cl)c(N)nc1N. The molecule has 1 heterocycles. The molecule has 1 aromatic heterocycles. The second-order valence-corrected chi connectivity index (χ2v) is 9.15. The molecular weight excluding hydrogens is 472 g/mol. The number of nitrogens with one attached hydrogen (secondary N) is 3. The molecule has 0 aliphatic heterocycles. The average molecular weight is 499 g/mol. The lowest BCUT2D eigenvalue weighted by molar-refractivity contribution is 0.0971. The predicted octanol–water partition coefficient (Wildman–Crippen LogP) is 0.629. The quantitative estimate of drug-likeness (QED) is 0.145. The van der Waals surface area contributed by atoms with Crippen molar-refractivity contribution in [3.63, 3.8) is 0 Å². The zero-order valence-corrected chi connectivity index (χ0v) is 19.4. The van der Waals surface area contributed by atoms with Crippen LogP contribution in [0.15, 0.2) is 24.3 Å². The molecule has 33 heavy (non-hydrogen) atoms. The Balaban J connectivity index is 1.64. The summed E-state index contributed by atoms with van der Waals surface area (Å²) in [5, 5.41) is 17.7. The smallest absolute Gasteiger partial charge is 0.280 e. The minimum atomic E-state index is -3.47. The van der Waals surface area contributed by atoms with E-state index in [1.165, 1.54) is 0 Å². The maximum Gasteiger partial charge on any atom is 0.280 e. The van der Waals surface area contributed by atoms with Crippen LogP contribution in [0.25, 0.3) is 0 Å². The number of halogens is 1. The third kappa shape index (κ3) is 9.47. The third-order valence-electron chi connectivity index (χ3n) is 4.32. The molecule has 2 rings (SSSR count). The van der Waals surface area contributed by atoms with Gasteiger partial charge in [0.2, 0.25) is 10.0 Å². The fourth-order valence-corrected chi connectivity index (χ4v) is 3.34. The predicted molar refractivity (Wildman–Crippen MR) is 127 cm³/mol. The fraction of sp³-hybridized carbons (Fsp3) is 0.368. The Morgan fingerprint density at radius 3 is 2.45 bits per heavy atom. The molecule has 0 saturated carbocycles. The molecule has 1 aromatic carbocycles. The molecule has 2 aromatic rings. The largest absolute Gasteiger partial charge is 0.494 e. The van der Waals surface area contributed by atoms with Gasteiger partial charge in [0.1, 0.15) is 5.75 Å². The number of hydrogen-bond acceptors (Lipinski definition) is 9. The number of amides is 1. The Morgan fingerprint density at radius 2 is 1.79 bits per heavy atom. The number of carbonyl (C=O) groups is 1. The lowest BCUT2D eigenvalue weighted by Crippen LogP contribution is -2.41. The minimum absolute atomic E-state index is 0.0822. The van der Waals surface area contributed by atoms with E-state index in [9.17, 15) is 13.2 Å². The number of aryl methyl sites for hydroxylation is 1. The summed E-state index contributed by atoms with van der Waals surface area (Å²) in [6.45, 7) is 0.752. The number of aromatic nitrogens is 2. The van der Waals surface area contributed by atoms with Gasteiger partial charge >= 0.3 is 0 Å². The van der Waals surface area contributed by atoms with Crippen LogP contribution in [-0.4, -0.2) is 49.2 Å². The molecule has 0 aliphatic carbocycles. The van der Waals surface area contributed by atoms with Crippen LogP contribution in [0.4, 0.5) is 11.6 Å². The average Bonchev–Trinajstić information content (AvgIpc) is 2.73. The monoisotopic (exact) mass is 498 g/mol. The first-order valence-electron chi connectivity index (χ1n) is 9.99. The van der Waals surface area contributed by atoms with Crippen LogP contribution < -0.4 is 32.0 Å². The van der Waals surface area contributed by atoms with Gasteiger partial charge in [-0.2, -0.15) is 0 Å². The normalized spacial score (nSPS) is 11.1. The van der Waals surface area contributed by atoms with Gasteiger partial charge in [0.05, 0.1) is 12.4 Å². The number of primary sulfonamides is 1. The van der Waals surface area contributed by atoms with Gasteiger partial charge in [0, 0.05) is 6.54 Å². The van der Waals surface area contributed by atoms with Crippen molar-refractivity contribution in [3.05, 3.63) is 40.7 Å². The van der Waals surface area contributed by atoms with E-state index in [0.29, 0.717) is 18.7 Å². The number of carbonyl (C=O) groups excluding carboxylic acids is 1.